The summed E-state index contributed by atoms with van der Waals surface area (Å²) in [6, 6.07) is 46.4. The monoisotopic (exact) mass is 782 g/mol. The van der Waals surface area contributed by atoms with Gasteiger partial charge in [-0.15, -0.1) is 0 Å². The predicted molar refractivity (Wildman–Crippen MR) is 243 cm³/mol. The summed E-state index contributed by atoms with van der Waals surface area (Å²) in [5.41, 5.74) is 10.8. The van der Waals surface area contributed by atoms with Gasteiger partial charge in [0.05, 0.1) is 22.9 Å². The fraction of sp³-hybridized carbons (Fsp3) is 0.154. The van der Waals surface area contributed by atoms with Crippen LogP contribution in [0.25, 0.3) is 44.4 Å². The average molecular weight is 783 g/mol. The van der Waals surface area contributed by atoms with Crippen molar-refractivity contribution in [3.63, 3.8) is 0 Å². The van der Waals surface area contributed by atoms with Gasteiger partial charge in [0.1, 0.15) is 40.3 Å². The molecule has 0 saturated heterocycles. The van der Waals surface area contributed by atoms with Crippen LogP contribution in [0.1, 0.15) is 52.7 Å². The van der Waals surface area contributed by atoms with Crippen molar-refractivity contribution in [3.8, 4) is 57.1 Å². The highest BCUT2D eigenvalue weighted by molar-refractivity contribution is 6.98. The molecule has 0 saturated carbocycles. The van der Waals surface area contributed by atoms with E-state index in [2.05, 4.69) is 154 Å². The van der Waals surface area contributed by atoms with Crippen LogP contribution in [-0.2, 0) is 10.8 Å². The van der Waals surface area contributed by atoms with Gasteiger partial charge >= 0.3 is 0 Å². The Kier molecular flexibility index (Phi) is 7.95. The van der Waals surface area contributed by atoms with Crippen molar-refractivity contribution in [2.24, 2.45) is 0 Å². The van der Waals surface area contributed by atoms with Crippen LogP contribution in [0.3, 0.4) is 0 Å². The molecule has 0 fully saturated rings. The van der Waals surface area contributed by atoms with Gasteiger partial charge in [-0.05, 0) is 117 Å². The van der Waals surface area contributed by atoms with Crippen molar-refractivity contribution in [3.05, 3.63) is 163 Å². The minimum absolute atomic E-state index is 0.00499. The first-order valence-electron chi connectivity index (χ1n) is 20.6. The second-order valence-corrected chi connectivity index (χ2v) is 18.0. The molecule has 8 heteroatoms. The summed E-state index contributed by atoms with van der Waals surface area (Å²) in [5, 5.41) is 6.86. The molecule has 0 N–H and O–H groups in total. The number of aromatic nitrogens is 4. The summed E-state index contributed by atoms with van der Waals surface area (Å²) in [6.45, 7) is 13.3. The zero-order chi connectivity index (χ0) is 40.9. The molecule has 3 aromatic heterocycles. The molecule has 0 aliphatic carbocycles. The quantitative estimate of drug-likeness (QED) is 0.163. The maximum atomic E-state index is 6.66. The number of hydrogen-bond acceptors (Lipinski definition) is 5. The molecule has 6 aromatic carbocycles. The fourth-order valence-electron chi connectivity index (χ4n) is 8.74. The van der Waals surface area contributed by atoms with Gasteiger partial charge < -0.3 is 14.2 Å². The average Bonchev–Trinajstić information content (AvgIpc) is 3.87. The summed E-state index contributed by atoms with van der Waals surface area (Å²) < 4.78 is 24.1. The normalized spacial score (nSPS) is 13.1. The van der Waals surface area contributed by atoms with E-state index in [1.165, 1.54) is 11.1 Å². The zero-order valence-corrected chi connectivity index (χ0v) is 34.5. The molecule has 9 aromatic rings. The Bertz CT molecular complexity index is 3110. The van der Waals surface area contributed by atoms with Gasteiger partial charge in [0.15, 0.2) is 0 Å². The van der Waals surface area contributed by atoms with E-state index in [0.717, 1.165) is 95.3 Å². The molecule has 11 rings (SSSR count). The van der Waals surface area contributed by atoms with Crippen molar-refractivity contribution in [1.29, 1.82) is 0 Å². The van der Waals surface area contributed by atoms with Crippen LogP contribution >= 0.6 is 0 Å². The maximum absolute atomic E-state index is 6.66. The lowest BCUT2D eigenvalue weighted by Crippen LogP contribution is -2.57. The lowest BCUT2D eigenvalue weighted by atomic mass is 9.35. The third kappa shape index (κ3) is 5.97. The van der Waals surface area contributed by atoms with E-state index in [1.54, 1.807) is 0 Å². The Labute approximate surface area is 349 Å². The predicted octanol–water partition coefficient (Wildman–Crippen LogP) is 11.1. The third-order valence-electron chi connectivity index (χ3n) is 12.0. The first-order chi connectivity index (χ1) is 29.0. The van der Waals surface area contributed by atoms with Gasteiger partial charge in [-0.2, -0.15) is 5.10 Å². The first kappa shape index (κ1) is 36.1. The number of pyridine rings is 1. The molecular formula is C52H43BN4O3. The first-order valence-corrected chi connectivity index (χ1v) is 20.6. The molecule has 60 heavy (non-hydrogen) atoms. The topological polar surface area (TPSA) is 63.3 Å². The smallest absolute Gasteiger partial charge is 0.260 e. The summed E-state index contributed by atoms with van der Waals surface area (Å²) in [6.07, 6.45) is 5.94. The van der Waals surface area contributed by atoms with Crippen LogP contribution < -0.4 is 30.6 Å². The fourth-order valence-corrected chi connectivity index (χ4v) is 8.74. The Morgan fingerprint density at radius 1 is 0.567 bits per heavy atom. The molecular weight excluding hydrogens is 739 g/mol. The van der Waals surface area contributed by atoms with Gasteiger partial charge in [-0.1, -0.05) is 90.1 Å². The lowest BCUT2D eigenvalue weighted by Gasteiger charge is -2.33. The number of hydrogen-bond donors (Lipinski definition) is 0. The number of fused-ring (bicyclic) bond motifs is 7. The molecule has 292 valence electrons. The second kappa shape index (κ2) is 13.2. The van der Waals surface area contributed by atoms with Crippen molar-refractivity contribution in [2.75, 3.05) is 0 Å². The second-order valence-electron chi connectivity index (χ2n) is 18.0. The number of para-hydroxylation sites is 2. The summed E-state index contributed by atoms with van der Waals surface area (Å²) in [4.78, 5) is 4.95. The van der Waals surface area contributed by atoms with Gasteiger partial charge in [-0.3, -0.25) is 4.57 Å². The summed E-state index contributed by atoms with van der Waals surface area (Å²) in [7, 11) is 0. The summed E-state index contributed by atoms with van der Waals surface area (Å²) in [5.74, 6) is 5.69. The SMILES string of the molecule is CC(C)(C)c1ccnc(-n2c3ccc(-c4cc5c6c(c4)Oc4ccccc4B6c4ccccc4O5)cc3c3ccc(Oc4cccc(-n5cc(C(C)(C)C)cn5)c4)cc32)c1. The van der Waals surface area contributed by atoms with Crippen molar-refractivity contribution >= 4 is 44.9 Å². The Hall–Kier alpha value is -7.06. The molecule has 0 spiro atoms. The number of rotatable bonds is 5. The Balaban J connectivity index is 1.04. The lowest BCUT2D eigenvalue weighted by molar-refractivity contribution is 0.465. The van der Waals surface area contributed by atoms with Crippen LogP contribution in [0.15, 0.2) is 152 Å². The highest BCUT2D eigenvalue weighted by Crippen LogP contribution is 2.41. The minimum Gasteiger partial charge on any atom is -0.458 e. The molecule has 2 aliphatic heterocycles. The van der Waals surface area contributed by atoms with E-state index in [-0.39, 0.29) is 17.5 Å². The van der Waals surface area contributed by atoms with E-state index < -0.39 is 0 Å². The van der Waals surface area contributed by atoms with Crippen LogP contribution in [0.4, 0.5) is 0 Å². The van der Waals surface area contributed by atoms with Crippen molar-refractivity contribution in [1.82, 2.24) is 19.3 Å². The van der Waals surface area contributed by atoms with Crippen LogP contribution in [0.5, 0.6) is 34.5 Å². The molecule has 0 atom stereocenters. The van der Waals surface area contributed by atoms with Gasteiger partial charge in [-0.25, -0.2) is 9.67 Å². The van der Waals surface area contributed by atoms with E-state index in [1.807, 2.05) is 53.5 Å². The van der Waals surface area contributed by atoms with E-state index in [9.17, 15) is 0 Å². The molecule has 0 amide bonds. The number of benzene rings is 6. The van der Waals surface area contributed by atoms with Gasteiger partial charge in [0.2, 0.25) is 0 Å². The summed E-state index contributed by atoms with van der Waals surface area (Å²) >= 11 is 0. The van der Waals surface area contributed by atoms with E-state index >= 15 is 0 Å². The van der Waals surface area contributed by atoms with Crippen LogP contribution in [0, 0.1) is 0 Å². The molecule has 2 aliphatic rings. The largest absolute Gasteiger partial charge is 0.458 e. The number of ether oxygens (including phenoxy) is 3. The van der Waals surface area contributed by atoms with E-state index in [4.69, 9.17) is 19.2 Å². The molecule has 7 nitrogen and oxygen atoms in total. The van der Waals surface area contributed by atoms with Gasteiger partial charge in [0, 0.05) is 40.8 Å². The molecule has 0 unspecified atom stereocenters. The Morgan fingerprint density at radius 3 is 1.97 bits per heavy atom. The van der Waals surface area contributed by atoms with Crippen molar-refractivity contribution < 1.29 is 14.2 Å². The van der Waals surface area contributed by atoms with E-state index in [0.29, 0.717) is 0 Å². The maximum Gasteiger partial charge on any atom is 0.260 e. The highest BCUT2D eigenvalue weighted by atomic mass is 16.5. The standard InChI is InChI=1S/C52H43BN4O3/c1-51(2,3)34-22-23-54-49(27-34)57-43-21-18-32(33-25-47-50-48(26-33)60-46-17-10-8-15-42(46)53(50)41-14-7-9-16-45(41)59-47)24-40(43)39-20-19-38(29-44(39)57)58-37-13-11-12-36(28-37)56-31-35(30-55-56)52(4,5)6/h7-31H,1-6H3. The molecule has 5 heterocycles. The molecule has 0 radical (unpaired) electrons. The van der Waals surface area contributed by atoms with Gasteiger partial charge in [0.25, 0.3) is 6.71 Å². The third-order valence-corrected chi connectivity index (χ3v) is 12.0. The minimum atomic E-state index is -0.0535. The zero-order valence-electron chi connectivity index (χ0n) is 34.5. The number of nitrogens with zero attached hydrogens (tertiary/aromatic N) is 4. The molecule has 0 bridgehead atoms. The van der Waals surface area contributed by atoms with Crippen molar-refractivity contribution in [2.45, 2.75) is 52.4 Å². The van der Waals surface area contributed by atoms with Crippen LogP contribution in [0.2, 0.25) is 0 Å². The Morgan fingerprint density at radius 2 is 1.27 bits per heavy atom. The highest BCUT2D eigenvalue weighted by Gasteiger charge is 2.40. The van der Waals surface area contributed by atoms with Crippen LogP contribution in [-0.4, -0.2) is 26.0 Å².